The highest BCUT2D eigenvalue weighted by molar-refractivity contribution is 9.10. The van der Waals surface area contributed by atoms with E-state index in [1.165, 1.54) is 6.20 Å². The Bertz CT molecular complexity index is 707. The number of aryl methyl sites for hydroxylation is 2. The van der Waals surface area contributed by atoms with Gasteiger partial charge in [0.25, 0.3) is 0 Å². The van der Waals surface area contributed by atoms with Crippen LogP contribution in [-0.2, 0) is 17.9 Å². The van der Waals surface area contributed by atoms with Gasteiger partial charge in [-0.15, -0.1) is 0 Å². The zero-order chi connectivity index (χ0) is 17.2. The summed E-state index contributed by atoms with van der Waals surface area (Å²) in [5.41, 5.74) is 1.97. The molecule has 1 N–H and O–H groups in total. The fraction of sp³-hybridized carbons (Fsp3) is 0.462. The first-order valence-corrected chi connectivity index (χ1v) is 7.53. The summed E-state index contributed by atoms with van der Waals surface area (Å²) in [6, 6.07) is 0. The molecule has 2 aromatic rings. The molecule has 6 nitrogen and oxygen atoms in total. The van der Waals surface area contributed by atoms with E-state index in [-0.39, 0.29) is 18.0 Å². The van der Waals surface area contributed by atoms with Crippen molar-refractivity contribution >= 4 is 27.5 Å². The van der Waals surface area contributed by atoms with Crippen LogP contribution in [0.1, 0.15) is 17.8 Å². The summed E-state index contributed by atoms with van der Waals surface area (Å²) in [4.78, 5) is 11.9. The molecular formula is C13H15BrF3N5O. The van der Waals surface area contributed by atoms with Crippen molar-refractivity contribution < 1.29 is 18.0 Å². The van der Waals surface area contributed by atoms with E-state index in [2.05, 4.69) is 31.4 Å². The van der Waals surface area contributed by atoms with Crippen LogP contribution in [0.2, 0.25) is 0 Å². The fourth-order valence-corrected chi connectivity index (χ4v) is 2.31. The normalized spacial score (nSPS) is 11.7. The molecule has 0 saturated carbocycles. The molecular weight excluding hydrogens is 379 g/mol. The number of halogens is 4. The molecule has 0 aliphatic heterocycles. The summed E-state index contributed by atoms with van der Waals surface area (Å²) >= 11 is 3.40. The summed E-state index contributed by atoms with van der Waals surface area (Å²) in [6.07, 6.45) is -1.87. The van der Waals surface area contributed by atoms with Gasteiger partial charge >= 0.3 is 6.18 Å². The molecule has 0 atom stereocenters. The highest BCUT2D eigenvalue weighted by atomic mass is 79.9. The van der Waals surface area contributed by atoms with E-state index in [9.17, 15) is 18.0 Å². The molecule has 0 bridgehead atoms. The molecule has 0 spiro atoms. The molecule has 0 fully saturated rings. The number of hydrogen-bond donors (Lipinski definition) is 1. The van der Waals surface area contributed by atoms with Gasteiger partial charge < -0.3 is 5.32 Å². The zero-order valence-corrected chi connectivity index (χ0v) is 14.1. The first-order valence-electron chi connectivity index (χ1n) is 6.74. The van der Waals surface area contributed by atoms with E-state index >= 15 is 0 Å². The second kappa shape index (κ2) is 6.73. The van der Waals surface area contributed by atoms with Crippen molar-refractivity contribution in [3.05, 3.63) is 28.3 Å². The average Bonchev–Trinajstić information content (AvgIpc) is 2.95. The first-order chi connectivity index (χ1) is 10.7. The van der Waals surface area contributed by atoms with E-state index in [1.807, 2.05) is 13.8 Å². The van der Waals surface area contributed by atoms with Crippen LogP contribution in [0.25, 0.3) is 0 Å². The van der Waals surface area contributed by atoms with Gasteiger partial charge in [0.1, 0.15) is 6.54 Å². The third-order valence-electron chi connectivity index (χ3n) is 3.10. The lowest BCUT2D eigenvalue weighted by molar-refractivity contribution is -0.142. The Morgan fingerprint density at radius 1 is 1.39 bits per heavy atom. The number of rotatable bonds is 5. The Morgan fingerprint density at radius 2 is 2.09 bits per heavy atom. The summed E-state index contributed by atoms with van der Waals surface area (Å²) in [5, 5.41) is 10.4. The standard InChI is InChI=1S/C13H15BrF3N5O/c1-8-12(14)9(2)22(20-8)4-3-11(23)19-10-5-18-21(6-10)7-13(15,16)17/h5-6H,3-4,7H2,1-2H3,(H,19,23). The quantitative estimate of drug-likeness (QED) is 0.848. The molecule has 0 radical (unpaired) electrons. The van der Waals surface area contributed by atoms with Crippen LogP contribution in [-0.4, -0.2) is 31.6 Å². The van der Waals surface area contributed by atoms with Gasteiger partial charge in [-0.2, -0.15) is 23.4 Å². The Morgan fingerprint density at radius 3 is 2.65 bits per heavy atom. The summed E-state index contributed by atoms with van der Waals surface area (Å²) in [6.45, 7) is 2.91. The number of nitrogens with zero attached hydrogens (tertiary/aromatic N) is 4. The van der Waals surface area contributed by atoms with Gasteiger partial charge in [0.2, 0.25) is 5.91 Å². The zero-order valence-electron chi connectivity index (χ0n) is 12.5. The number of anilines is 1. The Balaban J connectivity index is 1.89. The third kappa shape index (κ3) is 4.81. The molecule has 2 rings (SSSR count). The molecule has 0 aromatic carbocycles. The summed E-state index contributed by atoms with van der Waals surface area (Å²) < 4.78 is 40.0. The van der Waals surface area contributed by atoms with Crippen LogP contribution in [0.5, 0.6) is 0 Å². The second-order valence-corrected chi connectivity index (χ2v) is 5.84. The lowest BCUT2D eigenvalue weighted by atomic mass is 10.3. The number of amides is 1. The van der Waals surface area contributed by atoms with Crippen LogP contribution in [0.15, 0.2) is 16.9 Å². The largest absolute Gasteiger partial charge is 0.408 e. The third-order valence-corrected chi connectivity index (χ3v) is 4.25. The minimum absolute atomic E-state index is 0.152. The van der Waals surface area contributed by atoms with Gasteiger partial charge in [0.05, 0.1) is 28.6 Å². The van der Waals surface area contributed by atoms with Gasteiger partial charge in [-0.05, 0) is 29.8 Å². The average molecular weight is 394 g/mol. The van der Waals surface area contributed by atoms with Crippen molar-refractivity contribution in [3.8, 4) is 0 Å². The predicted molar refractivity (Wildman–Crippen MR) is 80.9 cm³/mol. The molecule has 0 aliphatic rings. The van der Waals surface area contributed by atoms with Crippen molar-refractivity contribution in [2.45, 2.75) is 39.5 Å². The monoisotopic (exact) mass is 393 g/mol. The molecule has 0 saturated heterocycles. The predicted octanol–water partition coefficient (Wildman–Crippen LogP) is 3.05. The summed E-state index contributed by atoms with van der Waals surface area (Å²) in [5.74, 6) is -0.319. The molecule has 0 aliphatic carbocycles. The first kappa shape index (κ1) is 17.5. The Labute approximate surface area is 138 Å². The number of aromatic nitrogens is 4. The van der Waals surface area contributed by atoms with Crippen molar-refractivity contribution in [2.75, 3.05) is 5.32 Å². The van der Waals surface area contributed by atoms with Crippen LogP contribution >= 0.6 is 15.9 Å². The maximum absolute atomic E-state index is 12.2. The van der Waals surface area contributed by atoms with Gasteiger partial charge in [-0.3, -0.25) is 14.2 Å². The fourth-order valence-electron chi connectivity index (χ4n) is 2.02. The highest BCUT2D eigenvalue weighted by Gasteiger charge is 2.28. The lowest BCUT2D eigenvalue weighted by Crippen LogP contribution is -2.18. The van der Waals surface area contributed by atoms with Crippen LogP contribution in [0.3, 0.4) is 0 Å². The lowest BCUT2D eigenvalue weighted by Gasteiger charge is -2.06. The molecule has 126 valence electrons. The summed E-state index contributed by atoms with van der Waals surface area (Å²) in [7, 11) is 0. The van der Waals surface area contributed by atoms with Crippen LogP contribution < -0.4 is 5.32 Å². The van der Waals surface area contributed by atoms with Crippen LogP contribution in [0.4, 0.5) is 18.9 Å². The van der Waals surface area contributed by atoms with Crippen molar-refractivity contribution in [2.24, 2.45) is 0 Å². The molecule has 2 heterocycles. The van der Waals surface area contributed by atoms with E-state index in [1.54, 1.807) is 4.68 Å². The topological polar surface area (TPSA) is 64.7 Å². The minimum atomic E-state index is -4.35. The van der Waals surface area contributed by atoms with Crippen molar-refractivity contribution in [3.63, 3.8) is 0 Å². The molecule has 23 heavy (non-hydrogen) atoms. The minimum Gasteiger partial charge on any atom is -0.323 e. The maximum atomic E-state index is 12.2. The number of carbonyl (C=O) groups excluding carboxylic acids is 1. The van der Waals surface area contributed by atoms with Gasteiger partial charge in [0.15, 0.2) is 0 Å². The number of hydrogen-bond acceptors (Lipinski definition) is 3. The van der Waals surface area contributed by atoms with E-state index < -0.39 is 12.7 Å². The molecule has 10 heteroatoms. The van der Waals surface area contributed by atoms with Crippen LogP contribution in [0, 0.1) is 13.8 Å². The highest BCUT2D eigenvalue weighted by Crippen LogP contribution is 2.20. The van der Waals surface area contributed by atoms with Crippen molar-refractivity contribution in [1.82, 2.24) is 19.6 Å². The van der Waals surface area contributed by atoms with Gasteiger partial charge in [0, 0.05) is 18.3 Å². The maximum Gasteiger partial charge on any atom is 0.408 e. The molecule has 1 amide bonds. The smallest absolute Gasteiger partial charge is 0.323 e. The molecule has 2 aromatic heterocycles. The second-order valence-electron chi connectivity index (χ2n) is 5.05. The van der Waals surface area contributed by atoms with E-state index in [0.29, 0.717) is 6.54 Å². The van der Waals surface area contributed by atoms with E-state index in [0.717, 1.165) is 26.7 Å². The van der Waals surface area contributed by atoms with E-state index in [4.69, 9.17) is 0 Å². The SMILES string of the molecule is Cc1nn(CCC(=O)Nc2cnn(CC(F)(F)F)c2)c(C)c1Br. The Hall–Kier alpha value is -1.84. The number of nitrogens with one attached hydrogen (secondary N) is 1. The molecule has 0 unspecified atom stereocenters. The number of carbonyl (C=O) groups is 1. The number of alkyl halides is 3. The van der Waals surface area contributed by atoms with Gasteiger partial charge in [-0.25, -0.2) is 0 Å². The van der Waals surface area contributed by atoms with Crippen molar-refractivity contribution in [1.29, 1.82) is 0 Å². The Kier molecular flexibility index (Phi) is 5.12. The van der Waals surface area contributed by atoms with Gasteiger partial charge in [-0.1, -0.05) is 0 Å².